The quantitative estimate of drug-likeness (QED) is 0.834. The number of hydrogen-bond acceptors (Lipinski definition) is 3. The molecule has 0 aliphatic carbocycles. The molecule has 3 nitrogen and oxygen atoms in total. The summed E-state index contributed by atoms with van der Waals surface area (Å²) >= 11 is 0. The van der Waals surface area contributed by atoms with Crippen LogP contribution in [0.4, 0.5) is 0 Å². The first-order valence-corrected chi connectivity index (χ1v) is 7.36. The van der Waals surface area contributed by atoms with Gasteiger partial charge in [-0.25, -0.2) is 0 Å². The van der Waals surface area contributed by atoms with Crippen molar-refractivity contribution < 1.29 is 4.74 Å². The van der Waals surface area contributed by atoms with Crippen LogP contribution in [0.1, 0.15) is 38.3 Å². The number of aromatic nitrogens is 1. The fourth-order valence-electron chi connectivity index (χ4n) is 2.50. The average molecular weight is 272 g/mol. The fraction of sp³-hybridized carbons (Fsp3) is 0.471. The number of nitrogens with one attached hydrogen (secondary N) is 1. The number of pyridine rings is 1. The second-order valence-electron chi connectivity index (χ2n) is 5.21. The number of ether oxygens (including phenoxy) is 1. The van der Waals surface area contributed by atoms with Crippen molar-refractivity contribution in [2.45, 2.75) is 38.8 Å². The lowest BCUT2D eigenvalue weighted by Crippen LogP contribution is -2.26. The number of hydrogen-bond donors (Lipinski definition) is 1. The molecule has 2 rings (SSSR count). The third-order valence-corrected chi connectivity index (χ3v) is 3.67. The van der Waals surface area contributed by atoms with Crippen LogP contribution in [0.25, 0.3) is 10.9 Å². The minimum absolute atomic E-state index is 0.233. The highest BCUT2D eigenvalue weighted by Gasteiger charge is 2.16. The van der Waals surface area contributed by atoms with Gasteiger partial charge in [-0.15, -0.1) is 0 Å². The molecule has 0 saturated carbocycles. The number of methoxy groups -OCH3 is 1. The van der Waals surface area contributed by atoms with Crippen LogP contribution < -0.4 is 5.32 Å². The van der Waals surface area contributed by atoms with E-state index in [0.717, 1.165) is 24.9 Å². The molecule has 2 aromatic rings. The van der Waals surface area contributed by atoms with Gasteiger partial charge in [-0.1, -0.05) is 25.1 Å². The fourth-order valence-corrected chi connectivity index (χ4v) is 2.50. The SMILES string of the molecule is CCCNC(CC(C)OC)c1cccc2ncccc12. The third kappa shape index (κ3) is 3.56. The normalized spacial score (nSPS) is 14.3. The molecule has 3 heteroatoms. The topological polar surface area (TPSA) is 34.1 Å². The predicted octanol–water partition coefficient (Wildman–Crippen LogP) is 3.70. The van der Waals surface area contributed by atoms with Gasteiger partial charge in [0.15, 0.2) is 0 Å². The Hall–Kier alpha value is -1.45. The second kappa shape index (κ2) is 7.36. The molecule has 20 heavy (non-hydrogen) atoms. The van der Waals surface area contributed by atoms with E-state index in [9.17, 15) is 0 Å². The van der Waals surface area contributed by atoms with Crippen LogP contribution >= 0.6 is 0 Å². The van der Waals surface area contributed by atoms with Gasteiger partial charge in [0.05, 0.1) is 11.6 Å². The van der Waals surface area contributed by atoms with Gasteiger partial charge in [0.2, 0.25) is 0 Å². The van der Waals surface area contributed by atoms with Crippen LogP contribution in [0.5, 0.6) is 0 Å². The molecule has 0 bridgehead atoms. The van der Waals surface area contributed by atoms with Crippen LogP contribution in [0, 0.1) is 0 Å². The number of rotatable bonds is 7. The average Bonchev–Trinajstić information content (AvgIpc) is 2.50. The summed E-state index contributed by atoms with van der Waals surface area (Å²) in [5.74, 6) is 0. The largest absolute Gasteiger partial charge is 0.382 e. The molecule has 108 valence electrons. The number of nitrogens with zero attached hydrogens (tertiary/aromatic N) is 1. The Bertz CT molecular complexity index is 536. The van der Waals surface area contributed by atoms with Crippen LogP contribution in [0.2, 0.25) is 0 Å². The van der Waals surface area contributed by atoms with Gasteiger partial charge in [0, 0.05) is 24.7 Å². The van der Waals surface area contributed by atoms with Crippen molar-refractivity contribution in [1.29, 1.82) is 0 Å². The van der Waals surface area contributed by atoms with Crippen molar-refractivity contribution in [2.75, 3.05) is 13.7 Å². The number of fused-ring (bicyclic) bond motifs is 1. The molecule has 2 unspecified atom stereocenters. The minimum Gasteiger partial charge on any atom is -0.382 e. The van der Waals surface area contributed by atoms with E-state index in [1.165, 1.54) is 10.9 Å². The summed E-state index contributed by atoms with van der Waals surface area (Å²) in [5, 5.41) is 4.86. The van der Waals surface area contributed by atoms with Gasteiger partial charge in [-0.05, 0) is 44.0 Å². The molecule has 0 radical (unpaired) electrons. The summed E-state index contributed by atoms with van der Waals surface area (Å²) in [6, 6.07) is 10.8. The van der Waals surface area contributed by atoms with Crippen molar-refractivity contribution in [3.05, 3.63) is 42.1 Å². The highest BCUT2D eigenvalue weighted by Crippen LogP contribution is 2.26. The van der Waals surface area contributed by atoms with Gasteiger partial charge in [-0.3, -0.25) is 4.98 Å². The van der Waals surface area contributed by atoms with Crippen molar-refractivity contribution in [1.82, 2.24) is 10.3 Å². The van der Waals surface area contributed by atoms with E-state index in [2.05, 4.69) is 48.4 Å². The second-order valence-corrected chi connectivity index (χ2v) is 5.21. The Balaban J connectivity index is 2.34. The molecular formula is C17H24N2O. The zero-order valence-electron chi connectivity index (χ0n) is 12.6. The first kappa shape index (κ1) is 14.9. The highest BCUT2D eigenvalue weighted by molar-refractivity contribution is 5.82. The van der Waals surface area contributed by atoms with E-state index in [-0.39, 0.29) is 6.10 Å². The molecular weight excluding hydrogens is 248 g/mol. The maximum Gasteiger partial charge on any atom is 0.0705 e. The molecule has 1 aromatic carbocycles. The molecule has 0 aliphatic rings. The molecule has 0 aliphatic heterocycles. The molecule has 0 fully saturated rings. The predicted molar refractivity (Wildman–Crippen MR) is 83.9 cm³/mol. The maximum atomic E-state index is 5.44. The van der Waals surface area contributed by atoms with Crippen molar-refractivity contribution in [3.63, 3.8) is 0 Å². The summed E-state index contributed by atoms with van der Waals surface area (Å²) in [6.07, 6.45) is 4.17. The molecule has 1 heterocycles. The van der Waals surface area contributed by atoms with E-state index < -0.39 is 0 Å². The molecule has 0 saturated heterocycles. The lowest BCUT2D eigenvalue weighted by molar-refractivity contribution is 0.101. The van der Waals surface area contributed by atoms with Gasteiger partial charge < -0.3 is 10.1 Å². The van der Waals surface area contributed by atoms with Gasteiger partial charge in [0.25, 0.3) is 0 Å². The first-order valence-electron chi connectivity index (χ1n) is 7.36. The Morgan fingerprint density at radius 2 is 2.10 bits per heavy atom. The van der Waals surface area contributed by atoms with E-state index in [0.29, 0.717) is 6.04 Å². The molecule has 1 aromatic heterocycles. The zero-order valence-corrected chi connectivity index (χ0v) is 12.6. The lowest BCUT2D eigenvalue weighted by atomic mass is 9.97. The third-order valence-electron chi connectivity index (χ3n) is 3.67. The molecule has 0 amide bonds. The van der Waals surface area contributed by atoms with E-state index in [4.69, 9.17) is 4.74 Å². The Labute approximate surface area is 121 Å². The Morgan fingerprint density at radius 3 is 2.85 bits per heavy atom. The summed E-state index contributed by atoms with van der Waals surface area (Å²) in [5.41, 5.74) is 2.37. The standard InChI is InChI=1S/C17H24N2O/c1-4-10-18-17(12-13(2)20-3)15-7-5-9-16-14(15)8-6-11-19-16/h5-9,11,13,17-18H,4,10,12H2,1-3H3. The van der Waals surface area contributed by atoms with Crippen molar-refractivity contribution in [2.24, 2.45) is 0 Å². The maximum absolute atomic E-state index is 5.44. The van der Waals surface area contributed by atoms with E-state index in [1.54, 1.807) is 7.11 Å². The molecule has 1 N–H and O–H groups in total. The summed E-state index contributed by atoms with van der Waals surface area (Å²) in [7, 11) is 1.77. The van der Waals surface area contributed by atoms with Crippen molar-refractivity contribution in [3.8, 4) is 0 Å². The Kier molecular flexibility index (Phi) is 5.50. The lowest BCUT2D eigenvalue weighted by Gasteiger charge is -2.23. The van der Waals surface area contributed by atoms with Gasteiger partial charge in [-0.2, -0.15) is 0 Å². The van der Waals surface area contributed by atoms with Crippen LogP contribution in [0.15, 0.2) is 36.5 Å². The zero-order chi connectivity index (χ0) is 14.4. The highest BCUT2D eigenvalue weighted by atomic mass is 16.5. The van der Waals surface area contributed by atoms with E-state index >= 15 is 0 Å². The van der Waals surface area contributed by atoms with Crippen molar-refractivity contribution >= 4 is 10.9 Å². The van der Waals surface area contributed by atoms with Crippen LogP contribution in [0.3, 0.4) is 0 Å². The smallest absolute Gasteiger partial charge is 0.0705 e. The summed E-state index contributed by atoms with van der Waals surface area (Å²) in [6.45, 7) is 5.32. The molecule has 2 atom stereocenters. The minimum atomic E-state index is 0.233. The monoisotopic (exact) mass is 272 g/mol. The van der Waals surface area contributed by atoms with Gasteiger partial charge in [0.1, 0.15) is 0 Å². The Morgan fingerprint density at radius 1 is 1.25 bits per heavy atom. The molecule has 0 spiro atoms. The van der Waals surface area contributed by atoms with Crippen LogP contribution in [-0.4, -0.2) is 24.7 Å². The van der Waals surface area contributed by atoms with E-state index in [1.807, 2.05) is 12.3 Å². The summed E-state index contributed by atoms with van der Waals surface area (Å²) in [4.78, 5) is 4.44. The summed E-state index contributed by atoms with van der Waals surface area (Å²) < 4.78 is 5.44. The first-order chi connectivity index (χ1) is 9.76. The number of benzene rings is 1. The van der Waals surface area contributed by atoms with Crippen LogP contribution in [-0.2, 0) is 4.74 Å². The van der Waals surface area contributed by atoms with Gasteiger partial charge >= 0.3 is 0 Å².